The number of hydrazine groups is 1. The van der Waals surface area contributed by atoms with Gasteiger partial charge in [0, 0.05) is 27.4 Å². The van der Waals surface area contributed by atoms with Gasteiger partial charge < -0.3 is 10.1 Å². The van der Waals surface area contributed by atoms with Crippen LogP contribution < -0.4 is 11.3 Å². The van der Waals surface area contributed by atoms with Gasteiger partial charge in [0.1, 0.15) is 0 Å². The number of amides is 1. The van der Waals surface area contributed by atoms with Gasteiger partial charge in [0.25, 0.3) is 4.73 Å². The van der Waals surface area contributed by atoms with E-state index in [0.29, 0.717) is 24.1 Å². The van der Waals surface area contributed by atoms with Gasteiger partial charge in [-0.1, -0.05) is 6.42 Å². The van der Waals surface area contributed by atoms with E-state index in [1.807, 2.05) is 5.43 Å². The van der Waals surface area contributed by atoms with Crippen molar-refractivity contribution in [1.82, 2.24) is 20.2 Å². The second-order valence-corrected chi connectivity index (χ2v) is 4.25. The lowest BCUT2D eigenvalue weighted by atomic mass is 10.2. The molecule has 0 aliphatic rings. The Hall–Kier alpha value is -1.55. The minimum absolute atomic E-state index is 0.201. The number of nitrogens with one attached hydrogen (secondary N) is 1. The molecule has 1 amide bonds. The summed E-state index contributed by atoms with van der Waals surface area (Å²) in [7, 11) is 0. The summed E-state index contributed by atoms with van der Waals surface area (Å²) in [5, 5.41) is 14.2. The molecule has 0 unspecified atom stereocenters. The highest BCUT2D eigenvalue weighted by molar-refractivity contribution is 9.10. The van der Waals surface area contributed by atoms with Crippen LogP contribution in [0.3, 0.4) is 0 Å². The lowest BCUT2D eigenvalue weighted by Gasteiger charge is -2.00. The minimum Gasteiger partial charge on any atom is -0.390 e. The molecule has 1 heterocycles. The summed E-state index contributed by atoms with van der Waals surface area (Å²) in [6, 6.07) is 0. The van der Waals surface area contributed by atoms with Crippen molar-refractivity contribution in [3.8, 4) is 0 Å². The van der Waals surface area contributed by atoms with E-state index < -0.39 is 10.9 Å². The van der Waals surface area contributed by atoms with E-state index in [2.05, 4.69) is 26.0 Å². The average Bonchev–Trinajstić information content (AvgIpc) is 2.70. The Labute approximate surface area is 111 Å². The van der Waals surface area contributed by atoms with Crippen LogP contribution in [0.2, 0.25) is 0 Å². The zero-order valence-electron chi connectivity index (χ0n) is 9.50. The monoisotopic (exact) mass is 320 g/mol. The van der Waals surface area contributed by atoms with Crippen molar-refractivity contribution in [3.63, 3.8) is 0 Å². The van der Waals surface area contributed by atoms with Gasteiger partial charge in [0.05, 0.1) is 6.54 Å². The summed E-state index contributed by atoms with van der Waals surface area (Å²) in [6.45, 7) is 0.506. The van der Waals surface area contributed by atoms with Gasteiger partial charge in [-0.15, -0.1) is 0 Å². The number of rotatable bonds is 7. The van der Waals surface area contributed by atoms with Gasteiger partial charge in [0.2, 0.25) is 5.91 Å². The lowest BCUT2D eigenvalue weighted by Crippen LogP contribution is -2.29. The first kappa shape index (κ1) is 14.5. The molecule has 18 heavy (non-hydrogen) atoms. The summed E-state index contributed by atoms with van der Waals surface area (Å²) >= 11 is 3.09. The molecule has 1 aromatic rings. The first-order valence-corrected chi connectivity index (χ1v) is 6.08. The predicted molar refractivity (Wildman–Crippen MR) is 65.2 cm³/mol. The van der Waals surface area contributed by atoms with Crippen LogP contribution in [0, 0.1) is 10.1 Å². The number of hydrogen-bond acceptors (Lipinski definition) is 6. The zero-order valence-corrected chi connectivity index (χ0v) is 11.1. The van der Waals surface area contributed by atoms with Crippen molar-refractivity contribution in [2.75, 3.05) is 0 Å². The van der Waals surface area contributed by atoms with Crippen molar-refractivity contribution in [1.29, 1.82) is 0 Å². The Bertz CT molecular complexity index is 434. The maximum atomic E-state index is 10.8. The summed E-state index contributed by atoms with van der Waals surface area (Å²) in [4.78, 5) is 24.3. The van der Waals surface area contributed by atoms with Crippen molar-refractivity contribution >= 4 is 27.8 Å². The van der Waals surface area contributed by atoms with Crippen LogP contribution in [-0.4, -0.2) is 25.6 Å². The summed E-state index contributed by atoms with van der Waals surface area (Å²) in [6.07, 6.45) is 2.62. The molecular weight excluding hydrogens is 308 g/mol. The van der Waals surface area contributed by atoms with E-state index in [0.717, 1.165) is 12.8 Å². The lowest BCUT2D eigenvalue weighted by molar-refractivity contribution is -0.394. The second kappa shape index (κ2) is 7.01. The van der Waals surface area contributed by atoms with Crippen molar-refractivity contribution < 1.29 is 9.72 Å². The molecule has 1 rings (SSSR count). The topological polar surface area (TPSA) is 129 Å². The van der Waals surface area contributed by atoms with Crippen LogP contribution in [0.4, 0.5) is 5.95 Å². The summed E-state index contributed by atoms with van der Waals surface area (Å²) in [5.74, 6) is 4.31. The molecule has 0 aliphatic heterocycles. The maximum absolute atomic E-state index is 10.8. The third-order valence-electron chi connectivity index (χ3n) is 2.21. The van der Waals surface area contributed by atoms with Gasteiger partial charge >= 0.3 is 5.95 Å². The molecule has 100 valence electrons. The van der Waals surface area contributed by atoms with E-state index in [1.54, 1.807) is 0 Å². The summed E-state index contributed by atoms with van der Waals surface area (Å²) in [5.41, 5.74) is 2.05. The second-order valence-electron chi connectivity index (χ2n) is 3.54. The fourth-order valence-corrected chi connectivity index (χ4v) is 1.74. The number of aromatic nitrogens is 3. The van der Waals surface area contributed by atoms with Crippen molar-refractivity contribution in [3.05, 3.63) is 14.8 Å². The average molecular weight is 321 g/mol. The van der Waals surface area contributed by atoms with E-state index >= 15 is 0 Å². The van der Waals surface area contributed by atoms with Gasteiger partial charge in [-0.3, -0.25) is 10.2 Å². The molecule has 0 saturated carbocycles. The van der Waals surface area contributed by atoms with Gasteiger partial charge in [-0.2, -0.15) is 4.68 Å². The van der Waals surface area contributed by atoms with Gasteiger partial charge in [0.15, 0.2) is 0 Å². The Balaban J connectivity index is 2.31. The Morgan fingerprint density at radius 2 is 2.22 bits per heavy atom. The van der Waals surface area contributed by atoms with Gasteiger partial charge in [-0.25, -0.2) is 5.84 Å². The minimum atomic E-state index is -0.646. The molecule has 0 radical (unpaired) electrons. The maximum Gasteiger partial charge on any atom is 0.492 e. The highest BCUT2D eigenvalue weighted by Crippen LogP contribution is 2.13. The highest BCUT2D eigenvalue weighted by Gasteiger charge is 2.18. The van der Waals surface area contributed by atoms with Gasteiger partial charge in [-0.05, 0) is 22.7 Å². The first-order chi connectivity index (χ1) is 8.54. The number of nitrogens with zero attached hydrogens (tertiary/aromatic N) is 4. The molecule has 1 aromatic heterocycles. The zero-order chi connectivity index (χ0) is 13.5. The number of carbonyl (C=O) groups excluding carboxylic acids is 1. The molecule has 0 fully saturated rings. The fraction of sp³-hybridized carbons (Fsp3) is 0.625. The smallest absolute Gasteiger partial charge is 0.390 e. The quantitative estimate of drug-likeness (QED) is 0.247. The molecule has 0 aromatic carbocycles. The van der Waals surface area contributed by atoms with Crippen LogP contribution in [-0.2, 0) is 11.3 Å². The van der Waals surface area contributed by atoms with E-state index in [-0.39, 0.29) is 5.91 Å². The predicted octanol–water partition coefficient (Wildman–Crippen LogP) is 0.499. The fourth-order valence-electron chi connectivity index (χ4n) is 1.33. The standard InChI is InChI=1S/C8H13BrN6O3/c9-7-11-8(15(17)18)13-14(7)5-3-1-2-4-6(16)12-10/h1-5,10H2,(H,12,16). The highest BCUT2D eigenvalue weighted by atomic mass is 79.9. The molecule has 0 aliphatic carbocycles. The van der Waals surface area contributed by atoms with Crippen LogP contribution in [0.15, 0.2) is 4.73 Å². The van der Waals surface area contributed by atoms with E-state index in [1.165, 1.54) is 4.68 Å². The Morgan fingerprint density at radius 1 is 1.50 bits per heavy atom. The Kier molecular flexibility index (Phi) is 5.65. The number of aryl methyl sites for hydroxylation is 1. The van der Waals surface area contributed by atoms with Crippen LogP contribution in [0.5, 0.6) is 0 Å². The normalized spacial score (nSPS) is 10.3. The molecule has 0 saturated heterocycles. The molecule has 0 atom stereocenters. The molecule has 0 bridgehead atoms. The molecule has 3 N–H and O–H groups in total. The van der Waals surface area contributed by atoms with E-state index in [4.69, 9.17) is 5.84 Å². The number of hydrogen-bond donors (Lipinski definition) is 2. The number of halogens is 1. The first-order valence-electron chi connectivity index (χ1n) is 5.28. The number of nitrogens with two attached hydrogens (primary N) is 1. The number of carbonyl (C=O) groups is 1. The van der Waals surface area contributed by atoms with Crippen LogP contribution in [0.1, 0.15) is 25.7 Å². The molecule has 9 nitrogen and oxygen atoms in total. The molecule has 0 spiro atoms. The van der Waals surface area contributed by atoms with E-state index in [9.17, 15) is 14.9 Å². The van der Waals surface area contributed by atoms with Crippen LogP contribution in [0.25, 0.3) is 0 Å². The third-order valence-corrected chi connectivity index (χ3v) is 2.80. The Morgan fingerprint density at radius 3 is 2.78 bits per heavy atom. The van der Waals surface area contributed by atoms with Crippen molar-refractivity contribution in [2.24, 2.45) is 5.84 Å². The SMILES string of the molecule is NNC(=O)CCCCCn1nc([N+](=O)[O-])nc1Br. The molecular formula is C8H13BrN6O3. The number of nitro groups is 1. The third kappa shape index (κ3) is 4.37. The number of unbranched alkanes of at least 4 members (excludes halogenated alkanes) is 2. The van der Waals surface area contributed by atoms with Crippen molar-refractivity contribution in [2.45, 2.75) is 32.2 Å². The summed E-state index contributed by atoms with van der Waals surface area (Å²) < 4.78 is 1.75. The molecule has 10 heteroatoms. The van der Waals surface area contributed by atoms with Crippen LogP contribution >= 0.6 is 15.9 Å². The largest absolute Gasteiger partial charge is 0.492 e.